The van der Waals surface area contributed by atoms with E-state index in [-0.39, 0.29) is 37.3 Å². The maximum absolute atomic E-state index is 14.8. The van der Waals surface area contributed by atoms with E-state index >= 15 is 0 Å². The standard InChI is InChI=1S/C28H31F5N4O4SSi/c1-43(2,3)17-14-41-25(38)36-26(11-15-42(39,40)16-12-26)19-6-4-18(5-7-19)22-20-8-10-27(29,30)23(20)35-24(34-22)37-13-9-21(37)28(31,32)33/h4-7,11-12,15-16,21H,8-10,13-14,17H2,1-3H3,(H,36,38)/t21-/m1/s1. The predicted molar refractivity (Wildman–Crippen MR) is 153 cm³/mol. The normalized spacial score (nSPS) is 21.7. The molecule has 43 heavy (non-hydrogen) atoms. The number of hydrogen-bond donors (Lipinski definition) is 1. The summed E-state index contributed by atoms with van der Waals surface area (Å²) in [5, 5.41) is 4.64. The zero-order chi connectivity index (χ0) is 31.4. The summed E-state index contributed by atoms with van der Waals surface area (Å²) in [5.74, 6) is -3.72. The minimum atomic E-state index is -4.56. The number of aromatic nitrogens is 2. The minimum absolute atomic E-state index is 0.0171. The fraction of sp³-hybridized carbons (Fsp3) is 0.464. The average Bonchev–Trinajstić information content (AvgIpc) is 3.17. The molecule has 1 aliphatic carbocycles. The molecular weight excluding hydrogens is 611 g/mol. The van der Waals surface area contributed by atoms with E-state index in [1.54, 1.807) is 24.3 Å². The lowest BCUT2D eigenvalue weighted by Crippen LogP contribution is -2.56. The summed E-state index contributed by atoms with van der Waals surface area (Å²) in [6.45, 7) is 6.56. The summed E-state index contributed by atoms with van der Waals surface area (Å²) in [6.07, 6.45) is -3.48. The smallest absolute Gasteiger partial charge is 0.408 e. The number of ether oxygens (including phenoxy) is 1. The number of anilines is 1. The highest BCUT2D eigenvalue weighted by molar-refractivity contribution is 7.97. The van der Waals surface area contributed by atoms with Crippen molar-refractivity contribution in [2.75, 3.05) is 18.1 Å². The lowest BCUT2D eigenvalue weighted by Gasteiger charge is -2.42. The number of alkyl carbamates (subject to hydrolysis) is 1. The van der Waals surface area contributed by atoms with E-state index in [0.717, 1.165) is 21.8 Å². The van der Waals surface area contributed by atoms with Crippen molar-refractivity contribution in [3.8, 4) is 11.3 Å². The molecule has 1 N–H and O–H groups in total. The minimum Gasteiger partial charge on any atom is -0.450 e. The summed E-state index contributed by atoms with van der Waals surface area (Å²) >= 11 is 0. The zero-order valence-electron chi connectivity index (χ0n) is 23.7. The van der Waals surface area contributed by atoms with Crippen LogP contribution in [0.3, 0.4) is 0 Å². The van der Waals surface area contributed by atoms with Gasteiger partial charge < -0.3 is 15.0 Å². The van der Waals surface area contributed by atoms with Crippen molar-refractivity contribution < 1.29 is 39.9 Å². The first-order chi connectivity index (χ1) is 19.9. The molecule has 232 valence electrons. The zero-order valence-corrected chi connectivity index (χ0v) is 25.5. The molecule has 0 spiro atoms. The Morgan fingerprint density at radius 1 is 1.12 bits per heavy atom. The Morgan fingerprint density at radius 3 is 2.33 bits per heavy atom. The summed E-state index contributed by atoms with van der Waals surface area (Å²) in [5.41, 5.74) is -0.933. The lowest BCUT2D eigenvalue weighted by atomic mass is 9.88. The van der Waals surface area contributed by atoms with Crippen LogP contribution in [-0.2, 0) is 32.5 Å². The molecule has 1 aromatic heterocycles. The van der Waals surface area contributed by atoms with Gasteiger partial charge in [0.25, 0.3) is 5.92 Å². The maximum atomic E-state index is 14.8. The molecule has 1 amide bonds. The van der Waals surface area contributed by atoms with Crippen LogP contribution in [-0.4, -0.2) is 57.9 Å². The fourth-order valence-corrected chi connectivity index (χ4v) is 6.77. The molecule has 5 rings (SSSR count). The van der Waals surface area contributed by atoms with Gasteiger partial charge in [0.2, 0.25) is 5.95 Å². The van der Waals surface area contributed by atoms with E-state index < -0.39 is 65.7 Å². The third-order valence-electron chi connectivity index (χ3n) is 7.76. The van der Waals surface area contributed by atoms with E-state index in [1.165, 1.54) is 12.2 Å². The Hall–Kier alpha value is -3.33. The second-order valence-corrected chi connectivity index (χ2v) is 19.5. The molecule has 0 radical (unpaired) electrons. The number of nitrogens with zero attached hydrogens (tertiary/aromatic N) is 3. The van der Waals surface area contributed by atoms with Crippen molar-refractivity contribution in [2.45, 2.75) is 68.6 Å². The highest BCUT2D eigenvalue weighted by atomic mass is 32.2. The molecule has 3 aliphatic rings. The molecule has 2 aromatic rings. The molecule has 0 saturated carbocycles. The molecule has 1 aromatic carbocycles. The first-order valence-corrected chi connectivity index (χ1v) is 19.0. The summed E-state index contributed by atoms with van der Waals surface area (Å²) in [6, 6.07) is 5.09. The van der Waals surface area contributed by atoms with Crippen LogP contribution in [0.25, 0.3) is 11.3 Å². The van der Waals surface area contributed by atoms with Crippen LogP contribution in [0.2, 0.25) is 25.7 Å². The van der Waals surface area contributed by atoms with Crippen LogP contribution in [0.15, 0.2) is 47.2 Å². The number of benzene rings is 1. The van der Waals surface area contributed by atoms with Crippen molar-refractivity contribution in [3.05, 3.63) is 64.1 Å². The van der Waals surface area contributed by atoms with Crippen molar-refractivity contribution >= 4 is 30.0 Å². The topological polar surface area (TPSA) is 101 Å². The van der Waals surface area contributed by atoms with Gasteiger partial charge in [-0.25, -0.2) is 23.2 Å². The molecule has 8 nitrogen and oxygen atoms in total. The van der Waals surface area contributed by atoms with Crippen LogP contribution >= 0.6 is 0 Å². The fourth-order valence-electron chi connectivity index (χ4n) is 5.16. The molecule has 1 saturated heterocycles. The first kappa shape index (κ1) is 31.1. The van der Waals surface area contributed by atoms with Gasteiger partial charge >= 0.3 is 12.3 Å². The Labute approximate surface area is 247 Å². The molecule has 1 atom stereocenters. The third kappa shape index (κ3) is 6.47. The van der Waals surface area contributed by atoms with Crippen LogP contribution in [0.5, 0.6) is 0 Å². The molecule has 1 fully saturated rings. The van der Waals surface area contributed by atoms with Gasteiger partial charge in [0.05, 0.1) is 12.3 Å². The second kappa shape index (κ2) is 10.7. The van der Waals surface area contributed by atoms with Crippen molar-refractivity contribution in [2.24, 2.45) is 0 Å². The van der Waals surface area contributed by atoms with Crippen LogP contribution in [0.1, 0.15) is 29.7 Å². The quantitative estimate of drug-likeness (QED) is 0.290. The number of hydrogen-bond acceptors (Lipinski definition) is 7. The maximum Gasteiger partial charge on any atom is 0.408 e. The molecule has 3 heterocycles. The number of amides is 1. The van der Waals surface area contributed by atoms with Gasteiger partial charge in [-0.2, -0.15) is 22.0 Å². The van der Waals surface area contributed by atoms with Gasteiger partial charge in [0.1, 0.15) is 17.3 Å². The Balaban J connectivity index is 1.49. The van der Waals surface area contributed by atoms with Crippen molar-refractivity contribution in [1.82, 2.24) is 15.3 Å². The molecule has 2 aliphatic heterocycles. The van der Waals surface area contributed by atoms with E-state index in [2.05, 4.69) is 34.9 Å². The van der Waals surface area contributed by atoms with Gasteiger partial charge in [-0.05, 0) is 36.6 Å². The summed E-state index contributed by atoms with van der Waals surface area (Å²) in [4.78, 5) is 21.9. The highest BCUT2D eigenvalue weighted by Crippen LogP contribution is 2.46. The van der Waals surface area contributed by atoms with E-state index in [0.29, 0.717) is 11.1 Å². The SMILES string of the molecule is C[Si](C)(C)CCOC(=O)NC1(c2ccc(-c3nc(N4CC[C@@H]4C(F)(F)F)nc4c3CCC4(F)F)cc2)C=CS(=O)(=O)C=C1. The van der Waals surface area contributed by atoms with Crippen molar-refractivity contribution in [1.29, 1.82) is 0 Å². The van der Waals surface area contributed by atoms with E-state index in [1.807, 2.05) is 0 Å². The average molecular weight is 643 g/mol. The predicted octanol–water partition coefficient (Wildman–Crippen LogP) is 6.04. The Morgan fingerprint density at radius 2 is 1.77 bits per heavy atom. The summed E-state index contributed by atoms with van der Waals surface area (Å²) < 4.78 is 99.5. The molecule has 0 bridgehead atoms. The number of nitrogens with one attached hydrogen (secondary N) is 1. The lowest BCUT2D eigenvalue weighted by molar-refractivity contribution is -0.160. The van der Waals surface area contributed by atoms with E-state index in [9.17, 15) is 35.2 Å². The van der Waals surface area contributed by atoms with Gasteiger partial charge in [0.15, 0.2) is 9.84 Å². The number of carbonyl (C=O) groups excluding carboxylic acids is 1. The van der Waals surface area contributed by atoms with Crippen LogP contribution < -0.4 is 10.2 Å². The number of halogens is 5. The molecular formula is C28H31F5N4O4SSi. The number of alkyl halides is 5. The first-order valence-electron chi connectivity index (χ1n) is 13.7. The van der Waals surface area contributed by atoms with Crippen molar-refractivity contribution in [3.63, 3.8) is 0 Å². The van der Waals surface area contributed by atoms with Crippen LogP contribution in [0, 0.1) is 0 Å². The van der Waals surface area contributed by atoms with Gasteiger partial charge in [-0.1, -0.05) is 43.9 Å². The highest BCUT2D eigenvalue weighted by Gasteiger charge is 2.51. The third-order valence-corrected chi connectivity index (χ3v) is 10.5. The molecule has 0 unspecified atom stereocenters. The number of rotatable bonds is 7. The number of fused-ring (bicyclic) bond motifs is 1. The van der Waals surface area contributed by atoms with Gasteiger partial charge in [0, 0.05) is 43.0 Å². The number of carbonyl (C=O) groups is 1. The van der Waals surface area contributed by atoms with E-state index in [4.69, 9.17) is 4.74 Å². The number of sulfone groups is 1. The van der Waals surface area contributed by atoms with Gasteiger partial charge in [-0.3, -0.25) is 0 Å². The Bertz CT molecular complexity index is 1570. The monoisotopic (exact) mass is 642 g/mol. The van der Waals surface area contributed by atoms with Gasteiger partial charge in [-0.15, -0.1) is 0 Å². The largest absolute Gasteiger partial charge is 0.450 e. The van der Waals surface area contributed by atoms with Crippen LogP contribution in [0.4, 0.5) is 32.7 Å². The molecule has 15 heteroatoms. The second-order valence-electron chi connectivity index (χ2n) is 12.2. The Kier molecular flexibility index (Phi) is 7.73. The summed E-state index contributed by atoms with van der Waals surface area (Å²) in [7, 11) is -5.13.